The average Bonchev–Trinajstić information content (AvgIpc) is 3.13. The summed E-state index contributed by atoms with van der Waals surface area (Å²) in [4.78, 5) is 52.5. The molecule has 50 heavy (non-hydrogen) atoms. The van der Waals surface area contributed by atoms with Crippen molar-refractivity contribution < 1.29 is 33.7 Å². The lowest BCUT2D eigenvalue weighted by Crippen LogP contribution is -2.57. The number of fused-ring (bicyclic) bond motifs is 9. The number of rotatable bonds is 5. The minimum Gasteiger partial charge on any atom is -0.493 e. The highest BCUT2D eigenvalue weighted by atomic mass is 16.5. The van der Waals surface area contributed by atoms with Crippen LogP contribution in [0.4, 0.5) is 5.82 Å². The van der Waals surface area contributed by atoms with E-state index in [0.717, 1.165) is 24.2 Å². The quantitative estimate of drug-likeness (QED) is 0.412. The number of aryl methyl sites for hydroxylation is 1. The molecule has 13 heteroatoms. The van der Waals surface area contributed by atoms with Crippen LogP contribution in [-0.4, -0.2) is 128 Å². The zero-order valence-electron chi connectivity index (χ0n) is 28.8. The number of benzene rings is 2. The Hall–Kier alpha value is -4.72. The molecule has 4 aliphatic rings. The number of aromatic nitrogens is 1. The third-order valence-electron chi connectivity index (χ3n) is 9.55. The second-order valence-electron chi connectivity index (χ2n) is 13.0. The molecule has 1 aromatic heterocycles. The Morgan fingerprint density at radius 3 is 2.66 bits per heavy atom. The number of nitrogens with one attached hydrogen (secondary N) is 1. The largest absolute Gasteiger partial charge is 0.493 e. The van der Waals surface area contributed by atoms with Crippen LogP contribution < -0.4 is 19.7 Å². The number of carbonyl (C=O) groups is 3. The predicted octanol–water partition coefficient (Wildman–Crippen LogP) is 2.32. The molecule has 0 aliphatic carbocycles. The molecule has 3 amide bonds. The van der Waals surface area contributed by atoms with Crippen LogP contribution in [-0.2, 0) is 27.4 Å². The minimum absolute atomic E-state index is 0.0898. The van der Waals surface area contributed by atoms with Gasteiger partial charge in [-0.05, 0) is 60.4 Å². The van der Waals surface area contributed by atoms with Gasteiger partial charge in [0, 0.05) is 65.5 Å². The van der Waals surface area contributed by atoms with Gasteiger partial charge in [0.25, 0.3) is 5.91 Å². The number of methoxy groups -OCH3 is 1. The van der Waals surface area contributed by atoms with Crippen LogP contribution in [0.2, 0.25) is 0 Å². The highest BCUT2D eigenvalue weighted by molar-refractivity contribution is 5.99. The molecule has 0 saturated carbocycles. The second kappa shape index (κ2) is 16.3. The van der Waals surface area contributed by atoms with E-state index in [1.54, 1.807) is 31.3 Å². The number of likely N-dealkylation sites (tertiary alicyclic amines) is 1. The number of amides is 3. The number of aliphatic hydroxyl groups is 1. The van der Waals surface area contributed by atoms with E-state index >= 15 is 0 Å². The first-order valence-electron chi connectivity index (χ1n) is 17.2. The smallest absolute Gasteiger partial charge is 0.257 e. The molecule has 0 spiro atoms. The van der Waals surface area contributed by atoms with E-state index in [-0.39, 0.29) is 56.5 Å². The maximum absolute atomic E-state index is 14.1. The van der Waals surface area contributed by atoms with Crippen molar-refractivity contribution in [3.05, 3.63) is 77.5 Å². The first kappa shape index (κ1) is 35.1. The number of piperidine rings is 1. The lowest BCUT2D eigenvalue weighted by atomic mass is 10.00. The maximum Gasteiger partial charge on any atom is 0.257 e. The van der Waals surface area contributed by atoms with Gasteiger partial charge in [0.1, 0.15) is 11.6 Å². The highest BCUT2D eigenvalue weighted by Crippen LogP contribution is 2.33. The van der Waals surface area contributed by atoms with Gasteiger partial charge in [-0.1, -0.05) is 18.2 Å². The summed E-state index contributed by atoms with van der Waals surface area (Å²) in [5.41, 5.74) is 2.31. The van der Waals surface area contributed by atoms with Crippen molar-refractivity contribution in [2.75, 3.05) is 78.0 Å². The molecule has 13 nitrogen and oxygen atoms in total. The first-order chi connectivity index (χ1) is 24.3. The normalized spacial score (nSPS) is 21.0. The van der Waals surface area contributed by atoms with Crippen LogP contribution in [0.3, 0.4) is 0 Å². The number of anilines is 1. The predicted molar refractivity (Wildman–Crippen MR) is 186 cm³/mol. The number of piperazine rings is 1. The molecule has 3 aromatic rings. The lowest BCUT2D eigenvalue weighted by Gasteiger charge is -2.40. The van der Waals surface area contributed by atoms with Gasteiger partial charge in [-0.3, -0.25) is 19.3 Å². The van der Waals surface area contributed by atoms with Crippen LogP contribution in [0.1, 0.15) is 34.3 Å². The molecular weight excluding hydrogens is 640 g/mol. The topological polar surface area (TPSA) is 137 Å². The Kier molecular flexibility index (Phi) is 11.5. The molecular formula is C37H46N6O7. The summed E-state index contributed by atoms with van der Waals surface area (Å²) >= 11 is 0. The molecule has 2 fully saturated rings. The van der Waals surface area contributed by atoms with Crippen LogP contribution in [0.15, 0.2) is 60.8 Å². The Balaban J connectivity index is 1.22. The van der Waals surface area contributed by atoms with Gasteiger partial charge in [-0.25, -0.2) is 4.98 Å². The maximum atomic E-state index is 14.1. The lowest BCUT2D eigenvalue weighted by molar-refractivity contribution is -0.135. The van der Waals surface area contributed by atoms with Gasteiger partial charge in [-0.2, -0.15) is 0 Å². The third kappa shape index (κ3) is 8.52. The molecule has 7 rings (SSSR count). The Labute approximate surface area is 292 Å². The standard InChI is InChI=1S/C37H46N6O7/c1-40-24-34(45)39-30-12-14-43(37(47)29-7-4-13-38-36(29)42-17-15-41(16-18-42)19-20-44)23-33(30)49-25-27-5-3-6-28(21-27)50-31-10-8-26(9-11-35(40)46)22-32(31)48-2/h3-8,10,13,21-22,30,33,44H,9,11-12,14-20,23-25H2,1-2H3,(H,39,45)/t30-,33-/m0/s1. The van der Waals surface area contributed by atoms with Crippen molar-refractivity contribution in [3.8, 4) is 17.2 Å². The van der Waals surface area contributed by atoms with Crippen molar-refractivity contribution in [2.24, 2.45) is 0 Å². The summed E-state index contributed by atoms with van der Waals surface area (Å²) in [6.45, 7) is 4.51. The summed E-state index contributed by atoms with van der Waals surface area (Å²) in [5.74, 6) is 1.78. The molecule has 2 atom stereocenters. The van der Waals surface area contributed by atoms with Gasteiger partial charge in [0.2, 0.25) is 11.8 Å². The first-order valence-corrected chi connectivity index (χ1v) is 17.2. The van der Waals surface area contributed by atoms with Gasteiger partial charge >= 0.3 is 0 Å². The van der Waals surface area contributed by atoms with E-state index < -0.39 is 6.10 Å². The van der Waals surface area contributed by atoms with E-state index in [9.17, 15) is 19.5 Å². The van der Waals surface area contributed by atoms with Crippen LogP contribution >= 0.6 is 0 Å². The summed E-state index contributed by atoms with van der Waals surface area (Å²) in [5, 5.41) is 12.4. The molecule has 0 unspecified atom stereocenters. The Morgan fingerprint density at radius 1 is 1.02 bits per heavy atom. The van der Waals surface area contributed by atoms with Crippen molar-refractivity contribution in [1.29, 1.82) is 0 Å². The number of aliphatic hydroxyl groups excluding tert-OH is 1. The fourth-order valence-electron chi connectivity index (χ4n) is 6.72. The SMILES string of the molecule is COc1cc2ccc1Oc1cccc(c1)CO[C@H]1CN(C(=O)c3cccnc3N3CCN(CCO)CC3)CC[C@@H]1NC(=O)CN(C)C(=O)CC2. The fourth-order valence-corrected chi connectivity index (χ4v) is 6.72. The van der Waals surface area contributed by atoms with Crippen molar-refractivity contribution in [3.63, 3.8) is 0 Å². The zero-order valence-corrected chi connectivity index (χ0v) is 28.8. The van der Waals surface area contributed by atoms with Gasteiger partial charge in [-0.15, -0.1) is 0 Å². The van der Waals surface area contributed by atoms with Gasteiger partial charge in [0.15, 0.2) is 11.5 Å². The van der Waals surface area contributed by atoms with Crippen molar-refractivity contribution >= 4 is 23.5 Å². The number of hydrogen-bond acceptors (Lipinski definition) is 10. The Bertz CT molecular complexity index is 1660. The van der Waals surface area contributed by atoms with Crippen LogP contribution in [0.25, 0.3) is 0 Å². The summed E-state index contributed by atoms with van der Waals surface area (Å²) in [6.07, 6.45) is 2.38. The van der Waals surface area contributed by atoms with Crippen LogP contribution in [0, 0.1) is 0 Å². The molecule has 2 aromatic carbocycles. The monoisotopic (exact) mass is 686 g/mol. The number of likely N-dealkylation sites (N-methyl/N-ethyl adjacent to an activating group) is 1. The Morgan fingerprint density at radius 2 is 1.86 bits per heavy atom. The average molecular weight is 687 g/mol. The number of β-amino-alcohol motifs (C(OH)–C–C–N with tert-alkyl or cyclic N) is 1. The van der Waals surface area contributed by atoms with E-state index in [2.05, 4.69) is 20.1 Å². The van der Waals surface area contributed by atoms with E-state index in [0.29, 0.717) is 67.7 Å². The summed E-state index contributed by atoms with van der Waals surface area (Å²) in [7, 11) is 3.20. The van der Waals surface area contributed by atoms with E-state index in [1.165, 1.54) is 4.90 Å². The van der Waals surface area contributed by atoms with Crippen LogP contribution in [0.5, 0.6) is 17.2 Å². The van der Waals surface area contributed by atoms with Gasteiger partial charge in [0.05, 0.1) is 44.6 Å². The van der Waals surface area contributed by atoms with Gasteiger partial charge < -0.3 is 39.3 Å². The van der Waals surface area contributed by atoms with E-state index in [4.69, 9.17) is 14.2 Å². The van der Waals surface area contributed by atoms with E-state index in [1.807, 2.05) is 48.5 Å². The highest BCUT2D eigenvalue weighted by Gasteiger charge is 2.35. The molecule has 266 valence electrons. The fraction of sp³-hybridized carbons (Fsp3) is 0.459. The number of ether oxygens (including phenoxy) is 3. The molecule has 2 saturated heterocycles. The molecule has 0 radical (unpaired) electrons. The molecule has 4 aliphatic heterocycles. The van der Waals surface area contributed by atoms with Crippen molar-refractivity contribution in [1.82, 2.24) is 25.0 Å². The minimum atomic E-state index is -0.515. The number of pyridine rings is 1. The second-order valence-corrected chi connectivity index (χ2v) is 13.0. The number of nitrogens with zero attached hydrogens (tertiary/aromatic N) is 5. The number of carbonyl (C=O) groups excluding carboxylic acids is 3. The summed E-state index contributed by atoms with van der Waals surface area (Å²) < 4.78 is 18.3. The summed E-state index contributed by atoms with van der Waals surface area (Å²) in [6, 6.07) is 16.4. The zero-order chi connectivity index (χ0) is 35.0. The third-order valence-corrected chi connectivity index (χ3v) is 9.55. The number of hydrogen-bond donors (Lipinski definition) is 2. The molecule has 2 N–H and O–H groups in total. The molecule has 5 heterocycles. The van der Waals surface area contributed by atoms with Crippen molar-refractivity contribution in [2.45, 2.75) is 38.0 Å². The molecule has 4 bridgehead atoms.